The maximum absolute atomic E-state index is 10.2. The standard InChI is InChI=1S/C15H12ClN3O/c1-8-3-2-4-9(13(8)16)12-11(20)6-5-10-14(12)18-7-19-15(10)17/h2-7,20H,1H3,(H2,17,18,19). The second kappa shape index (κ2) is 4.65. The highest BCUT2D eigenvalue weighted by atomic mass is 35.5. The average molecular weight is 286 g/mol. The van der Waals surface area contributed by atoms with E-state index in [9.17, 15) is 5.11 Å². The molecule has 0 spiro atoms. The van der Waals surface area contributed by atoms with Gasteiger partial charge in [0, 0.05) is 10.9 Å². The van der Waals surface area contributed by atoms with Crippen molar-refractivity contribution < 1.29 is 5.11 Å². The lowest BCUT2D eigenvalue weighted by Crippen LogP contribution is -1.95. The third-order valence-corrected chi connectivity index (χ3v) is 3.78. The summed E-state index contributed by atoms with van der Waals surface area (Å²) >= 11 is 6.35. The van der Waals surface area contributed by atoms with Gasteiger partial charge in [-0.15, -0.1) is 0 Å². The largest absolute Gasteiger partial charge is 0.507 e. The topological polar surface area (TPSA) is 72.0 Å². The third-order valence-electron chi connectivity index (χ3n) is 3.28. The van der Waals surface area contributed by atoms with Crippen LogP contribution in [0.5, 0.6) is 5.75 Å². The van der Waals surface area contributed by atoms with Crippen LogP contribution in [0.25, 0.3) is 22.0 Å². The fourth-order valence-corrected chi connectivity index (χ4v) is 2.47. The zero-order valence-electron chi connectivity index (χ0n) is 10.8. The Morgan fingerprint density at radius 1 is 1.15 bits per heavy atom. The molecule has 0 saturated carbocycles. The Morgan fingerprint density at radius 3 is 2.75 bits per heavy atom. The molecule has 5 heteroatoms. The van der Waals surface area contributed by atoms with Gasteiger partial charge in [0.2, 0.25) is 0 Å². The number of benzene rings is 2. The molecule has 1 heterocycles. The summed E-state index contributed by atoms with van der Waals surface area (Å²) in [6, 6.07) is 8.93. The highest BCUT2D eigenvalue weighted by molar-refractivity contribution is 6.34. The normalized spacial score (nSPS) is 10.9. The number of rotatable bonds is 1. The molecule has 2 aromatic carbocycles. The van der Waals surface area contributed by atoms with Crippen LogP contribution in [0.2, 0.25) is 5.02 Å². The van der Waals surface area contributed by atoms with Crippen molar-refractivity contribution >= 4 is 28.3 Å². The predicted molar refractivity (Wildman–Crippen MR) is 80.8 cm³/mol. The summed E-state index contributed by atoms with van der Waals surface area (Å²) in [7, 11) is 0. The highest BCUT2D eigenvalue weighted by Gasteiger charge is 2.15. The maximum Gasteiger partial charge on any atom is 0.134 e. The van der Waals surface area contributed by atoms with Gasteiger partial charge in [-0.25, -0.2) is 9.97 Å². The molecule has 0 saturated heterocycles. The van der Waals surface area contributed by atoms with E-state index in [4.69, 9.17) is 17.3 Å². The second-order valence-electron chi connectivity index (χ2n) is 4.55. The minimum atomic E-state index is 0.114. The van der Waals surface area contributed by atoms with Gasteiger partial charge in [0.05, 0.1) is 16.1 Å². The van der Waals surface area contributed by atoms with Crippen molar-refractivity contribution in [1.29, 1.82) is 0 Å². The highest BCUT2D eigenvalue weighted by Crippen LogP contribution is 2.40. The smallest absolute Gasteiger partial charge is 0.134 e. The quantitative estimate of drug-likeness (QED) is 0.717. The lowest BCUT2D eigenvalue weighted by molar-refractivity contribution is 0.478. The van der Waals surface area contributed by atoms with Crippen LogP contribution in [0.3, 0.4) is 0 Å². The van der Waals surface area contributed by atoms with Crippen LogP contribution in [0.4, 0.5) is 5.82 Å². The number of anilines is 1. The molecule has 0 bridgehead atoms. The Morgan fingerprint density at radius 2 is 1.95 bits per heavy atom. The average Bonchev–Trinajstić information content (AvgIpc) is 2.43. The predicted octanol–water partition coefficient (Wildman–Crippen LogP) is 3.55. The van der Waals surface area contributed by atoms with Gasteiger partial charge in [-0.2, -0.15) is 0 Å². The second-order valence-corrected chi connectivity index (χ2v) is 4.93. The van der Waals surface area contributed by atoms with Crippen LogP contribution in [0, 0.1) is 6.92 Å². The summed E-state index contributed by atoms with van der Waals surface area (Å²) in [4.78, 5) is 8.20. The van der Waals surface area contributed by atoms with Gasteiger partial charge in [0.15, 0.2) is 0 Å². The van der Waals surface area contributed by atoms with Crippen LogP contribution in [0.15, 0.2) is 36.7 Å². The van der Waals surface area contributed by atoms with E-state index < -0.39 is 0 Å². The van der Waals surface area contributed by atoms with Gasteiger partial charge in [0.25, 0.3) is 0 Å². The summed E-state index contributed by atoms with van der Waals surface area (Å²) in [5.74, 6) is 0.489. The van der Waals surface area contributed by atoms with Gasteiger partial charge < -0.3 is 10.8 Å². The summed E-state index contributed by atoms with van der Waals surface area (Å²) in [5, 5.41) is 11.5. The Bertz CT molecular complexity index is 818. The molecule has 20 heavy (non-hydrogen) atoms. The number of hydrogen-bond donors (Lipinski definition) is 2. The number of hydrogen-bond acceptors (Lipinski definition) is 4. The van der Waals surface area contributed by atoms with Crippen molar-refractivity contribution in [1.82, 2.24) is 9.97 Å². The molecule has 0 radical (unpaired) electrons. The van der Waals surface area contributed by atoms with Gasteiger partial charge in [0.1, 0.15) is 17.9 Å². The molecule has 0 aliphatic heterocycles. The fourth-order valence-electron chi connectivity index (χ4n) is 2.25. The molecule has 3 rings (SSSR count). The zero-order valence-corrected chi connectivity index (χ0v) is 11.5. The molecule has 0 atom stereocenters. The van der Waals surface area contributed by atoms with E-state index in [-0.39, 0.29) is 5.75 Å². The van der Waals surface area contributed by atoms with E-state index >= 15 is 0 Å². The molecular formula is C15H12ClN3O. The Balaban J connectivity index is 2.44. The molecular weight excluding hydrogens is 274 g/mol. The van der Waals surface area contributed by atoms with Gasteiger partial charge in [-0.1, -0.05) is 29.8 Å². The first-order valence-electron chi connectivity index (χ1n) is 6.07. The summed E-state index contributed by atoms with van der Waals surface area (Å²) in [6.07, 6.45) is 1.38. The molecule has 3 aromatic rings. The monoisotopic (exact) mass is 285 g/mol. The fraction of sp³-hybridized carbons (Fsp3) is 0.0667. The van der Waals surface area contributed by atoms with E-state index in [0.717, 1.165) is 11.1 Å². The van der Waals surface area contributed by atoms with Gasteiger partial charge >= 0.3 is 0 Å². The molecule has 0 aliphatic carbocycles. The van der Waals surface area contributed by atoms with Crippen molar-refractivity contribution in [2.75, 3.05) is 5.73 Å². The molecule has 0 fully saturated rings. The number of nitrogens with two attached hydrogens (primary N) is 1. The molecule has 0 aliphatic rings. The minimum absolute atomic E-state index is 0.114. The lowest BCUT2D eigenvalue weighted by atomic mass is 9.99. The zero-order chi connectivity index (χ0) is 14.3. The number of halogens is 1. The first-order chi connectivity index (χ1) is 9.59. The van der Waals surface area contributed by atoms with Crippen LogP contribution >= 0.6 is 11.6 Å². The lowest BCUT2D eigenvalue weighted by Gasteiger charge is -2.12. The Hall–Kier alpha value is -2.33. The van der Waals surface area contributed by atoms with Crippen molar-refractivity contribution in [3.8, 4) is 16.9 Å². The molecule has 1 aromatic heterocycles. The molecule has 100 valence electrons. The summed E-state index contributed by atoms with van der Waals surface area (Å²) < 4.78 is 0. The van der Waals surface area contributed by atoms with Crippen molar-refractivity contribution in [2.45, 2.75) is 6.92 Å². The first kappa shape index (κ1) is 12.7. The number of nitrogen functional groups attached to an aromatic ring is 1. The van der Waals surface area contributed by atoms with E-state index in [1.807, 2.05) is 25.1 Å². The van der Waals surface area contributed by atoms with E-state index in [2.05, 4.69) is 9.97 Å². The molecule has 0 unspecified atom stereocenters. The van der Waals surface area contributed by atoms with Crippen molar-refractivity contribution in [3.63, 3.8) is 0 Å². The van der Waals surface area contributed by atoms with Gasteiger partial charge in [-0.3, -0.25) is 0 Å². The molecule has 3 N–H and O–H groups in total. The SMILES string of the molecule is Cc1cccc(-c2c(O)ccc3c(N)ncnc23)c1Cl. The van der Waals surface area contributed by atoms with Gasteiger partial charge in [-0.05, 0) is 24.6 Å². The maximum atomic E-state index is 10.2. The first-order valence-corrected chi connectivity index (χ1v) is 6.45. The van der Waals surface area contributed by atoms with E-state index in [1.165, 1.54) is 6.33 Å². The van der Waals surface area contributed by atoms with Crippen LogP contribution in [-0.2, 0) is 0 Å². The molecule has 4 nitrogen and oxygen atoms in total. The molecule has 0 amide bonds. The third kappa shape index (κ3) is 1.85. The Kier molecular flexibility index (Phi) is 2.95. The Labute approximate surface area is 120 Å². The summed E-state index contributed by atoms with van der Waals surface area (Å²) in [6.45, 7) is 1.91. The van der Waals surface area contributed by atoms with Crippen molar-refractivity contribution in [2.24, 2.45) is 0 Å². The van der Waals surface area contributed by atoms with Crippen LogP contribution in [0.1, 0.15) is 5.56 Å². The van der Waals surface area contributed by atoms with Crippen molar-refractivity contribution in [3.05, 3.63) is 47.2 Å². The minimum Gasteiger partial charge on any atom is -0.507 e. The number of phenolic OH excluding ortho intramolecular Hbond substituents is 1. The number of aromatic nitrogens is 2. The number of aromatic hydroxyl groups is 1. The van der Waals surface area contributed by atoms with Crippen LogP contribution in [-0.4, -0.2) is 15.1 Å². The van der Waals surface area contributed by atoms with E-state index in [0.29, 0.717) is 27.3 Å². The number of fused-ring (bicyclic) bond motifs is 1. The summed E-state index contributed by atoms with van der Waals surface area (Å²) in [5.41, 5.74) is 8.68. The van der Waals surface area contributed by atoms with Crippen LogP contribution < -0.4 is 5.73 Å². The number of phenols is 1. The number of nitrogens with zero attached hydrogens (tertiary/aromatic N) is 2. The van der Waals surface area contributed by atoms with E-state index in [1.54, 1.807) is 12.1 Å². The number of aryl methyl sites for hydroxylation is 1.